The molecule has 2 saturated heterocycles. The first kappa shape index (κ1) is 16.8. The minimum absolute atomic E-state index is 0.0174. The Bertz CT molecular complexity index is 339. The first-order chi connectivity index (χ1) is 10.0. The van der Waals surface area contributed by atoms with Gasteiger partial charge in [0.05, 0.1) is 12.2 Å². The molecule has 2 rings (SSSR count). The second kappa shape index (κ2) is 7.59. The van der Waals surface area contributed by atoms with Gasteiger partial charge in [-0.05, 0) is 37.8 Å². The molecule has 122 valence electrons. The molecule has 21 heavy (non-hydrogen) atoms. The number of piperidine rings is 1. The zero-order chi connectivity index (χ0) is 15.4. The van der Waals surface area contributed by atoms with Gasteiger partial charge in [-0.15, -0.1) is 0 Å². The topological polar surface area (TPSA) is 35.6 Å². The van der Waals surface area contributed by atoms with Gasteiger partial charge >= 0.3 is 0 Å². The van der Waals surface area contributed by atoms with Crippen molar-refractivity contribution in [2.24, 2.45) is 11.8 Å². The zero-order valence-corrected chi connectivity index (χ0v) is 14.3. The van der Waals surface area contributed by atoms with Gasteiger partial charge in [0.2, 0.25) is 5.91 Å². The number of hydrogen-bond acceptors (Lipinski definition) is 3. The summed E-state index contributed by atoms with van der Waals surface area (Å²) in [5.74, 6) is 1.20. The summed E-state index contributed by atoms with van der Waals surface area (Å²) in [4.78, 5) is 17.4. The van der Waals surface area contributed by atoms with Gasteiger partial charge in [0, 0.05) is 13.1 Å². The van der Waals surface area contributed by atoms with E-state index < -0.39 is 0 Å². The molecule has 0 aromatic carbocycles. The Morgan fingerprint density at radius 2 is 1.81 bits per heavy atom. The van der Waals surface area contributed by atoms with Crippen molar-refractivity contribution in [3.05, 3.63) is 0 Å². The number of hydrogen-bond donors (Lipinski definition) is 1. The zero-order valence-electron chi connectivity index (χ0n) is 14.3. The normalized spacial score (nSPS) is 29.4. The maximum absolute atomic E-state index is 12.7. The highest BCUT2D eigenvalue weighted by Crippen LogP contribution is 2.23. The number of amides is 1. The summed E-state index contributed by atoms with van der Waals surface area (Å²) >= 11 is 0. The minimum atomic E-state index is 0.0174. The van der Waals surface area contributed by atoms with E-state index in [1.54, 1.807) is 0 Å². The molecular formula is C17H33N3O. The fourth-order valence-corrected chi connectivity index (χ4v) is 3.54. The lowest BCUT2D eigenvalue weighted by Gasteiger charge is -2.32. The Kier molecular flexibility index (Phi) is 6.06. The maximum atomic E-state index is 12.7. The van der Waals surface area contributed by atoms with E-state index >= 15 is 0 Å². The van der Waals surface area contributed by atoms with Crippen LogP contribution in [-0.2, 0) is 4.79 Å². The Hall–Kier alpha value is -0.610. The van der Waals surface area contributed by atoms with Gasteiger partial charge in [-0.3, -0.25) is 10.1 Å². The van der Waals surface area contributed by atoms with E-state index in [2.05, 4.69) is 42.8 Å². The number of rotatable bonds is 6. The van der Waals surface area contributed by atoms with Crippen LogP contribution in [0.25, 0.3) is 0 Å². The Morgan fingerprint density at radius 3 is 2.38 bits per heavy atom. The number of carbonyl (C=O) groups excluding carboxylic acids is 1. The third-order valence-electron chi connectivity index (χ3n) is 5.19. The summed E-state index contributed by atoms with van der Waals surface area (Å²) in [6, 6.07) is 0.0174. The Morgan fingerprint density at radius 1 is 1.14 bits per heavy atom. The van der Waals surface area contributed by atoms with Crippen LogP contribution in [0.3, 0.4) is 0 Å². The molecule has 2 aliphatic rings. The van der Waals surface area contributed by atoms with Crippen LogP contribution in [0, 0.1) is 11.8 Å². The first-order valence-electron chi connectivity index (χ1n) is 8.83. The largest absolute Gasteiger partial charge is 0.324 e. The van der Waals surface area contributed by atoms with Gasteiger partial charge in [-0.2, -0.15) is 0 Å². The second-order valence-corrected chi connectivity index (χ2v) is 7.15. The molecule has 0 aliphatic carbocycles. The van der Waals surface area contributed by atoms with Gasteiger partial charge in [-0.25, -0.2) is 0 Å². The summed E-state index contributed by atoms with van der Waals surface area (Å²) in [7, 11) is 0. The van der Waals surface area contributed by atoms with Crippen LogP contribution in [0.1, 0.15) is 53.4 Å². The molecule has 2 heterocycles. The minimum Gasteiger partial charge on any atom is -0.324 e. The van der Waals surface area contributed by atoms with E-state index in [9.17, 15) is 4.79 Å². The average molecular weight is 295 g/mol. The van der Waals surface area contributed by atoms with E-state index in [0.717, 1.165) is 19.5 Å². The monoisotopic (exact) mass is 295 g/mol. The van der Waals surface area contributed by atoms with Gasteiger partial charge in [0.25, 0.3) is 0 Å². The highest BCUT2D eigenvalue weighted by molar-refractivity contribution is 5.84. The molecule has 4 heteroatoms. The lowest BCUT2D eigenvalue weighted by atomic mass is 9.99. The fraction of sp³-hybridized carbons (Fsp3) is 0.941. The molecule has 2 aliphatic heterocycles. The van der Waals surface area contributed by atoms with Crippen LogP contribution in [0.15, 0.2) is 0 Å². The molecule has 3 unspecified atom stereocenters. The molecule has 0 aromatic heterocycles. The predicted octanol–water partition coefficient (Wildman–Crippen LogP) is 2.30. The molecule has 1 N–H and O–H groups in total. The van der Waals surface area contributed by atoms with E-state index in [4.69, 9.17) is 0 Å². The quantitative estimate of drug-likeness (QED) is 0.817. The van der Waals surface area contributed by atoms with Crippen molar-refractivity contribution < 1.29 is 4.79 Å². The van der Waals surface area contributed by atoms with Crippen LogP contribution in [0.5, 0.6) is 0 Å². The van der Waals surface area contributed by atoms with Crippen LogP contribution in [0.2, 0.25) is 0 Å². The van der Waals surface area contributed by atoms with Gasteiger partial charge < -0.3 is 9.80 Å². The molecule has 2 fully saturated rings. The average Bonchev–Trinajstić information content (AvgIpc) is 2.82. The van der Waals surface area contributed by atoms with Crippen LogP contribution >= 0.6 is 0 Å². The second-order valence-electron chi connectivity index (χ2n) is 7.15. The van der Waals surface area contributed by atoms with E-state index in [0.29, 0.717) is 17.7 Å². The van der Waals surface area contributed by atoms with Gasteiger partial charge in [-0.1, -0.05) is 40.5 Å². The molecule has 0 bridgehead atoms. The van der Waals surface area contributed by atoms with E-state index in [1.807, 2.05) is 0 Å². The molecule has 3 atom stereocenters. The fourth-order valence-electron chi connectivity index (χ4n) is 3.54. The van der Waals surface area contributed by atoms with Gasteiger partial charge in [0.15, 0.2) is 0 Å². The Balaban J connectivity index is 1.95. The molecule has 4 nitrogen and oxygen atoms in total. The lowest BCUT2D eigenvalue weighted by Crippen LogP contribution is -2.45. The SMILES string of the molecule is CCC(C)C1NC(C(C)C)N(CCN2CCCCC2)C1=O. The van der Waals surface area contributed by atoms with Crippen molar-refractivity contribution in [1.82, 2.24) is 15.1 Å². The Labute approximate surface area is 130 Å². The summed E-state index contributed by atoms with van der Waals surface area (Å²) in [5, 5.41) is 3.59. The number of likely N-dealkylation sites (tertiary alicyclic amines) is 1. The molecule has 0 spiro atoms. The molecule has 1 amide bonds. The summed E-state index contributed by atoms with van der Waals surface area (Å²) in [6.07, 6.45) is 5.26. The molecule has 0 saturated carbocycles. The highest BCUT2D eigenvalue weighted by atomic mass is 16.2. The maximum Gasteiger partial charge on any atom is 0.241 e. The summed E-state index contributed by atoms with van der Waals surface area (Å²) < 4.78 is 0. The standard InChI is InChI=1S/C17H33N3O/c1-5-14(4)15-17(21)20(16(18-15)13(2)3)12-11-19-9-7-6-8-10-19/h13-16,18H,5-12H2,1-4H3. The van der Waals surface area contributed by atoms with Gasteiger partial charge in [0.1, 0.15) is 0 Å². The van der Waals surface area contributed by atoms with Crippen molar-refractivity contribution >= 4 is 5.91 Å². The molecule has 0 radical (unpaired) electrons. The van der Waals surface area contributed by atoms with Crippen LogP contribution < -0.4 is 5.32 Å². The van der Waals surface area contributed by atoms with Crippen molar-refractivity contribution in [2.45, 2.75) is 65.6 Å². The van der Waals surface area contributed by atoms with Crippen LogP contribution in [0.4, 0.5) is 0 Å². The van der Waals surface area contributed by atoms with Crippen molar-refractivity contribution in [2.75, 3.05) is 26.2 Å². The third-order valence-corrected chi connectivity index (χ3v) is 5.19. The lowest BCUT2D eigenvalue weighted by molar-refractivity contribution is -0.131. The third kappa shape index (κ3) is 3.98. The van der Waals surface area contributed by atoms with Crippen LogP contribution in [-0.4, -0.2) is 54.1 Å². The number of carbonyl (C=O) groups is 1. The molecule has 0 aromatic rings. The van der Waals surface area contributed by atoms with Crippen molar-refractivity contribution in [1.29, 1.82) is 0 Å². The van der Waals surface area contributed by atoms with Crippen molar-refractivity contribution in [3.63, 3.8) is 0 Å². The highest BCUT2D eigenvalue weighted by Gasteiger charge is 2.41. The summed E-state index contributed by atoms with van der Waals surface area (Å²) in [5.41, 5.74) is 0. The van der Waals surface area contributed by atoms with E-state index in [-0.39, 0.29) is 12.2 Å². The smallest absolute Gasteiger partial charge is 0.241 e. The number of nitrogens with zero attached hydrogens (tertiary/aromatic N) is 2. The van der Waals surface area contributed by atoms with Crippen molar-refractivity contribution in [3.8, 4) is 0 Å². The molecular weight excluding hydrogens is 262 g/mol. The predicted molar refractivity (Wildman–Crippen MR) is 87.0 cm³/mol. The first-order valence-corrected chi connectivity index (χ1v) is 8.83. The summed E-state index contributed by atoms with van der Waals surface area (Å²) in [6.45, 7) is 13.1. The van der Waals surface area contributed by atoms with E-state index in [1.165, 1.54) is 32.4 Å². The number of nitrogens with one attached hydrogen (secondary N) is 1.